The molecule has 1 aliphatic rings. The average molecular weight is 537 g/mol. The Morgan fingerprint density at radius 3 is 2.34 bits per heavy atom. The Morgan fingerprint density at radius 1 is 0.921 bits per heavy atom. The van der Waals surface area contributed by atoms with E-state index in [1.165, 1.54) is 23.5 Å². The number of para-hydroxylation sites is 2. The molecule has 2 N–H and O–H groups in total. The summed E-state index contributed by atoms with van der Waals surface area (Å²) in [5.74, 6) is -0.867. The zero-order valence-corrected chi connectivity index (χ0v) is 20.9. The van der Waals surface area contributed by atoms with Crippen LogP contribution in [0.1, 0.15) is 34.3 Å². The molecule has 0 bridgehead atoms. The normalized spacial score (nSPS) is 13.9. The summed E-state index contributed by atoms with van der Waals surface area (Å²) in [4.78, 5) is 31.2. The molecule has 0 aliphatic carbocycles. The van der Waals surface area contributed by atoms with Crippen LogP contribution >= 0.6 is 11.3 Å². The molecule has 3 amide bonds. The van der Waals surface area contributed by atoms with Crippen molar-refractivity contribution in [1.29, 1.82) is 0 Å². The molecule has 1 aliphatic heterocycles. The molecule has 0 saturated carbocycles. The van der Waals surface area contributed by atoms with Crippen LogP contribution in [0.25, 0.3) is 16.3 Å². The Kier molecular flexibility index (Phi) is 7.15. The number of alkyl halides is 3. The van der Waals surface area contributed by atoms with Gasteiger partial charge in [0.1, 0.15) is 0 Å². The first-order valence-electron chi connectivity index (χ1n) is 11.9. The van der Waals surface area contributed by atoms with Crippen LogP contribution < -0.4 is 10.6 Å². The minimum atomic E-state index is -4.71. The number of nitrogens with one attached hydrogen (secondary N) is 2. The van der Waals surface area contributed by atoms with Gasteiger partial charge in [0.2, 0.25) is 0 Å². The molecule has 0 atom stereocenters. The summed E-state index contributed by atoms with van der Waals surface area (Å²) in [5.41, 5.74) is 1.18. The zero-order chi connectivity index (χ0) is 26.7. The first kappa shape index (κ1) is 25.5. The third-order valence-corrected chi connectivity index (χ3v) is 7.15. The number of fused-ring (bicyclic) bond motifs is 1. The predicted molar refractivity (Wildman–Crippen MR) is 143 cm³/mol. The van der Waals surface area contributed by atoms with Gasteiger partial charge in [-0.3, -0.25) is 10.1 Å². The number of piperidine rings is 1. The van der Waals surface area contributed by atoms with Gasteiger partial charge in [-0.15, -0.1) is 0 Å². The zero-order valence-electron chi connectivity index (χ0n) is 20.1. The number of thiazole rings is 1. The van der Waals surface area contributed by atoms with Crippen molar-refractivity contribution in [3.8, 4) is 0 Å². The largest absolute Gasteiger partial charge is 0.417 e. The number of carbonyl (C=O) groups is 2. The Hall–Kier alpha value is -4.18. The van der Waals surface area contributed by atoms with Crippen molar-refractivity contribution in [3.05, 3.63) is 95.1 Å². The maximum absolute atomic E-state index is 13.9. The van der Waals surface area contributed by atoms with Gasteiger partial charge in [0.05, 0.1) is 21.3 Å². The molecule has 4 aromatic rings. The maximum Gasteiger partial charge on any atom is 0.417 e. The van der Waals surface area contributed by atoms with Gasteiger partial charge in [0, 0.05) is 18.8 Å². The van der Waals surface area contributed by atoms with Gasteiger partial charge < -0.3 is 10.2 Å². The van der Waals surface area contributed by atoms with E-state index in [1.54, 1.807) is 35.2 Å². The first-order chi connectivity index (χ1) is 18.3. The summed E-state index contributed by atoms with van der Waals surface area (Å²) in [6.07, 6.45) is -1.92. The summed E-state index contributed by atoms with van der Waals surface area (Å²) < 4.78 is 42.6. The quantitative estimate of drug-likeness (QED) is 0.288. The van der Waals surface area contributed by atoms with Crippen LogP contribution in [-0.4, -0.2) is 34.9 Å². The maximum atomic E-state index is 13.9. The lowest BCUT2D eigenvalue weighted by atomic mass is 9.98. The Morgan fingerprint density at radius 2 is 1.63 bits per heavy atom. The molecule has 1 saturated heterocycles. The van der Waals surface area contributed by atoms with Crippen molar-refractivity contribution in [2.75, 3.05) is 23.7 Å². The highest BCUT2D eigenvalue weighted by Crippen LogP contribution is 2.34. The molecule has 194 valence electrons. The number of carbonyl (C=O) groups excluding carboxylic acids is 2. The van der Waals surface area contributed by atoms with Gasteiger partial charge in [-0.2, -0.15) is 13.2 Å². The lowest BCUT2D eigenvalue weighted by molar-refractivity contribution is -0.137. The van der Waals surface area contributed by atoms with E-state index >= 15 is 0 Å². The van der Waals surface area contributed by atoms with E-state index in [-0.39, 0.29) is 11.2 Å². The molecule has 5 rings (SSSR count). The second-order valence-corrected chi connectivity index (χ2v) is 9.86. The van der Waals surface area contributed by atoms with Crippen molar-refractivity contribution in [1.82, 2.24) is 9.88 Å². The van der Waals surface area contributed by atoms with Crippen LogP contribution in [0.5, 0.6) is 0 Å². The summed E-state index contributed by atoms with van der Waals surface area (Å²) >= 11 is 1.20. The van der Waals surface area contributed by atoms with E-state index in [2.05, 4.69) is 15.6 Å². The summed E-state index contributed by atoms with van der Waals surface area (Å²) in [6, 6.07) is 19.8. The second kappa shape index (κ2) is 10.7. The number of nitrogens with zero attached hydrogens (tertiary/aromatic N) is 2. The molecular formula is C28H23F3N4O2S. The third kappa shape index (κ3) is 5.86. The van der Waals surface area contributed by atoms with Crippen LogP contribution in [0, 0.1) is 0 Å². The highest BCUT2D eigenvalue weighted by atomic mass is 32.1. The fourth-order valence-corrected chi connectivity index (χ4v) is 5.14. The van der Waals surface area contributed by atoms with Crippen molar-refractivity contribution in [3.63, 3.8) is 0 Å². The van der Waals surface area contributed by atoms with E-state index in [4.69, 9.17) is 0 Å². The number of likely N-dealkylation sites (tertiary alicyclic amines) is 1. The number of halogens is 3. The van der Waals surface area contributed by atoms with Crippen LogP contribution in [0.2, 0.25) is 0 Å². The van der Waals surface area contributed by atoms with Gasteiger partial charge in [-0.05, 0) is 54.8 Å². The molecule has 6 nitrogen and oxygen atoms in total. The fourth-order valence-electron chi connectivity index (χ4n) is 4.28. The van der Waals surface area contributed by atoms with Crippen LogP contribution in [0.15, 0.2) is 78.4 Å². The number of aromatic nitrogens is 1. The Bertz CT molecular complexity index is 1470. The van der Waals surface area contributed by atoms with E-state index in [0.29, 0.717) is 42.7 Å². The third-order valence-electron chi connectivity index (χ3n) is 6.20. The van der Waals surface area contributed by atoms with E-state index in [9.17, 15) is 22.8 Å². The number of rotatable bonds is 4. The summed E-state index contributed by atoms with van der Waals surface area (Å²) in [6.45, 7) is 0.915. The van der Waals surface area contributed by atoms with Gasteiger partial charge in [0.15, 0.2) is 5.13 Å². The lowest BCUT2D eigenvalue weighted by Crippen LogP contribution is -2.39. The summed E-state index contributed by atoms with van der Waals surface area (Å²) in [7, 11) is 0. The number of anilines is 2. The summed E-state index contributed by atoms with van der Waals surface area (Å²) in [5, 5.41) is 5.58. The molecular weight excluding hydrogens is 513 g/mol. The molecule has 10 heteroatoms. The number of benzene rings is 3. The van der Waals surface area contributed by atoms with Gasteiger partial charge in [-0.25, -0.2) is 9.78 Å². The smallest absolute Gasteiger partial charge is 0.324 e. The Labute approximate surface area is 220 Å². The van der Waals surface area contributed by atoms with Gasteiger partial charge in [-0.1, -0.05) is 59.4 Å². The molecule has 0 radical (unpaired) electrons. The lowest BCUT2D eigenvalue weighted by Gasteiger charge is -2.28. The average Bonchev–Trinajstić information content (AvgIpc) is 3.31. The minimum absolute atomic E-state index is 0.210. The van der Waals surface area contributed by atoms with Crippen molar-refractivity contribution in [2.45, 2.75) is 19.0 Å². The van der Waals surface area contributed by atoms with E-state index < -0.39 is 23.2 Å². The first-order valence-corrected chi connectivity index (χ1v) is 12.8. The van der Waals surface area contributed by atoms with Crippen LogP contribution in [0.4, 0.5) is 28.8 Å². The minimum Gasteiger partial charge on any atom is -0.324 e. The monoisotopic (exact) mass is 536 g/mol. The molecule has 0 spiro atoms. The molecule has 0 unspecified atom stereocenters. The van der Waals surface area contributed by atoms with Crippen LogP contribution in [-0.2, 0) is 6.18 Å². The number of amides is 3. The van der Waals surface area contributed by atoms with Crippen LogP contribution in [0.3, 0.4) is 0 Å². The van der Waals surface area contributed by atoms with Crippen molar-refractivity contribution >= 4 is 50.4 Å². The number of urea groups is 1. The van der Waals surface area contributed by atoms with Gasteiger partial charge in [0.25, 0.3) is 5.91 Å². The highest BCUT2D eigenvalue weighted by molar-refractivity contribution is 7.22. The predicted octanol–water partition coefficient (Wildman–Crippen LogP) is 7.28. The van der Waals surface area contributed by atoms with Gasteiger partial charge >= 0.3 is 12.2 Å². The second-order valence-electron chi connectivity index (χ2n) is 8.83. The standard InChI is InChI=1S/C28H23F3N4O2S/c29-28(30,31)22-17-19(10-11-21(22)25(36)34-26-33-23-8-4-5-9-24(23)38-26)16-18-12-14-35(15-13-18)27(37)32-20-6-2-1-3-7-20/h1-11,16-17H,12-15H2,(H,32,37)(H,33,34,36). The van der Waals surface area contributed by atoms with E-state index in [0.717, 1.165) is 16.3 Å². The Balaban J connectivity index is 1.28. The molecule has 3 aromatic carbocycles. The topological polar surface area (TPSA) is 74.3 Å². The number of hydrogen-bond donors (Lipinski definition) is 2. The molecule has 1 fully saturated rings. The fraction of sp³-hybridized carbons (Fsp3) is 0.179. The molecule has 1 aromatic heterocycles. The van der Waals surface area contributed by atoms with E-state index in [1.807, 2.05) is 30.3 Å². The molecule has 2 heterocycles. The van der Waals surface area contributed by atoms with Crippen molar-refractivity contribution < 1.29 is 22.8 Å². The highest BCUT2D eigenvalue weighted by Gasteiger charge is 2.35. The number of hydrogen-bond acceptors (Lipinski definition) is 4. The SMILES string of the molecule is O=C(Nc1nc2ccccc2s1)c1ccc(C=C2CCN(C(=O)Nc3ccccc3)CC2)cc1C(F)(F)F. The molecule has 38 heavy (non-hydrogen) atoms. The van der Waals surface area contributed by atoms with Crippen molar-refractivity contribution in [2.24, 2.45) is 0 Å².